The zero-order chi connectivity index (χ0) is 18.0. The first-order valence-electron chi connectivity index (χ1n) is 8.25. The molecule has 134 valence electrons. The van der Waals surface area contributed by atoms with E-state index < -0.39 is 11.7 Å². The fourth-order valence-electron chi connectivity index (χ4n) is 2.81. The molecule has 1 amide bonds. The van der Waals surface area contributed by atoms with Gasteiger partial charge in [-0.25, -0.2) is 20.2 Å². The molecule has 0 aromatic rings. The topological polar surface area (TPSA) is 93.0 Å². The SMILES string of the molecule is CC(C)(C)OC(=O)NC1=CC(N2CCCC2)=NC2=C(SC#N)CNN12. The van der Waals surface area contributed by atoms with Gasteiger partial charge in [-0.2, -0.15) is 5.26 Å². The van der Waals surface area contributed by atoms with Gasteiger partial charge in [-0.3, -0.25) is 5.32 Å². The summed E-state index contributed by atoms with van der Waals surface area (Å²) in [6.07, 6.45) is 3.57. The lowest BCUT2D eigenvalue weighted by atomic mass is 10.2. The quantitative estimate of drug-likeness (QED) is 0.726. The number of alkyl carbamates (subject to hydrolysis) is 1. The summed E-state index contributed by atoms with van der Waals surface area (Å²) in [4.78, 5) is 19.9. The smallest absolute Gasteiger partial charge is 0.413 e. The van der Waals surface area contributed by atoms with Gasteiger partial charge in [0.2, 0.25) is 0 Å². The molecule has 0 atom stereocenters. The Kier molecular flexibility index (Phi) is 4.92. The Morgan fingerprint density at radius 2 is 2.16 bits per heavy atom. The van der Waals surface area contributed by atoms with E-state index in [-0.39, 0.29) is 0 Å². The van der Waals surface area contributed by atoms with Crippen molar-refractivity contribution in [3.05, 3.63) is 22.6 Å². The third-order valence-corrected chi connectivity index (χ3v) is 4.48. The number of hydrogen-bond donors (Lipinski definition) is 2. The minimum absolute atomic E-state index is 0.498. The molecule has 0 saturated carbocycles. The average Bonchev–Trinajstić information content (AvgIpc) is 3.15. The Balaban J connectivity index is 1.87. The number of ether oxygens (including phenoxy) is 1. The Bertz CT molecular complexity index is 694. The first kappa shape index (κ1) is 17.6. The molecule has 2 N–H and O–H groups in total. The van der Waals surface area contributed by atoms with Crippen LogP contribution in [0.25, 0.3) is 0 Å². The summed E-state index contributed by atoms with van der Waals surface area (Å²) < 4.78 is 5.35. The van der Waals surface area contributed by atoms with Gasteiger partial charge in [-0.1, -0.05) is 0 Å². The van der Waals surface area contributed by atoms with Crippen molar-refractivity contribution < 1.29 is 9.53 Å². The van der Waals surface area contributed by atoms with E-state index in [9.17, 15) is 4.79 Å². The summed E-state index contributed by atoms with van der Waals surface area (Å²) >= 11 is 1.08. The van der Waals surface area contributed by atoms with Crippen LogP contribution >= 0.6 is 11.8 Å². The van der Waals surface area contributed by atoms with Crippen molar-refractivity contribution in [2.45, 2.75) is 39.2 Å². The lowest BCUT2D eigenvalue weighted by Gasteiger charge is -2.30. The molecule has 0 bridgehead atoms. The number of rotatable bonds is 2. The number of nitriles is 1. The second-order valence-electron chi connectivity index (χ2n) is 6.93. The highest BCUT2D eigenvalue weighted by Gasteiger charge is 2.32. The van der Waals surface area contributed by atoms with Gasteiger partial charge in [-0.15, -0.1) is 0 Å². The van der Waals surface area contributed by atoms with Crippen molar-refractivity contribution in [1.29, 1.82) is 5.26 Å². The molecule has 3 aliphatic rings. The molecule has 3 aliphatic heterocycles. The van der Waals surface area contributed by atoms with E-state index in [2.05, 4.69) is 21.0 Å². The number of hydrogen-bond acceptors (Lipinski definition) is 8. The number of amidine groups is 1. The van der Waals surface area contributed by atoms with Crippen molar-refractivity contribution in [2.75, 3.05) is 19.6 Å². The Hall–Kier alpha value is -2.18. The molecule has 0 unspecified atom stereocenters. The van der Waals surface area contributed by atoms with E-state index in [1.54, 1.807) is 5.01 Å². The second kappa shape index (κ2) is 6.98. The number of nitrogens with one attached hydrogen (secondary N) is 2. The van der Waals surface area contributed by atoms with Crippen molar-refractivity contribution in [2.24, 2.45) is 4.99 Å². The molecule has 8 nitrogen and oxygen atoms in total. The molecule has 0 aromatic carbocycles. The van der Waals surface area contributed by atoms with Crippen LogP contribution in [0.1, 0.15) is 33.6 Å². The first-order chi connectivity index (χ1) is 11.9. The van der Waals surface area contributed by atoms with Crippen LogP contribution in [-0.4, -0.2) is 47.1 Å². The molecule has 1 fully saturated rings. The molecule has 0 aromatic heterocycles. The number of carbonyl (C=O) groups excluding carboxylic acids is 1. The zero-order valence-corrected chi connectivity index (χ0v) is 15.4. The third kappa shape index (κ3) is 4.08. The zero-order valence-electron chi connectivity index (χ0n) is 14.6. The van der Waals surface area contributed by atoms with Gasteiger partial charge in [-0.05, 0) is 45.4 Å². The van der Waals surface area contributed by atoms with Crippen molar-refractivity contribution >= 4 is 23.7 Å². The van der Waals surface area contributed by atoms with Gasteiger partial charge in [0.15, 0.2) is 5.82 Å². The van der Waals surface area contributed by atoms with Gasteiger partial charge < -0.3 is 9.64 Å². The highest BCUT2D eigenvalue weighted by molar-refractivity contribution is 8.07. The van der Waals surface area contributed by atoms with E-state index in [0.29, 0.717) is 18.2 Å². The normalized spacial score (nSPS) is 20.1. The monoisotopic (exact) mass is 362 g/mol. The van der Waals surface area contributed by atoms with Crippen molar-refractivity contribution in [1.82, 2.24) is 20.7 Å². The lowest BCUT2D eigenvalue weighted by molar-refractivity contribution is 0.0526. The largest absolute Gasteiger partial charge is 0.444 e. The second-order valence-corrected chi connectivity index (χ2v) is 7.81. The number of aliphatic imine (C=N–C) groups is 1. The van der Waals surface area contributed by atoms with Gasteiger partial charge in [0.05, 0.1) is 11.4 Å². The summed E-state index contributed by atoms with van der Waals surface area (Å²) in [5.74, 6) is 2.01. The van der Waals surface area contributed by atoms with Crippen LogP contribution in [0, 0.1) is 10.7 Å². The van der Waals surface area contributed by atoms with Crippen LogP contribution in [0.4, 0.5) is 4.79 Å². The number of carbonyl (C=O) groups is 1. The number of fused-ring (bicyclic) bond motifs is 1. The van der Waals surface area contributed by atoms with E-state index >= 15 is 0 Å². The Morgan fingerprint density at radius 3 is 2.80 bits per heavy atom. The molecule has 25 heavy (non-hydrogen) atoms. The first-order valence-corrected chi connectivity index (χ1v) is 9.07. The molecule has 0 radical (unpaired) electrons. The molecule has 0 spiro atoms. The van der Waals surface area contributed by atoms with E-state index in [4.69, 9.17) is 15.0 Å². The van der Waals surface area contributed by atoms with E-state index in [1.807, 2.05) is 26.8 Å². The highest BCUT2D eigenvalue weighted by atomic mass is 32.2. The van der Waals surface area contributed by atoms with Gasteiger partial charge in [0, 0.05) is 19.2 Å². The van der Waals surface area contributed by atoms with Gasteiger partial charge >= 0.3 is 6.09 Å². The fourth-order valence-corrected chi connectivity index (χ4v) is 3.29. The number of nitrogens with zero attached hydrogens (tertiary/aromatic N) is 4. The lowest BCUT2D eigenvalue weighted by Crippen LogP contribution is -2.44. The predicted molar refractivity (Wildman–Crippen MR) is 95.8 cm³/mol. The molecular formula is C16H22N6O2S. The van der Waals surface area contributed by atoms with Crippen LogP contribution in [0.5, 0.6) is 0 Å². The Labute approximate surface area is 151 Å². The van der Waals surface area contributed by atoms with Crippen LogP contribution in [-0.2, 0) is 4.74 Å². The minimum atomic E-state index is -0.579. The molecule has 3 heterocycles. The number of hydrazine groups is 1. The fraction of sp³-hybridized carbons (Fsp3) is 0.562. The molecule has 9 heteroatoms. The summed E-state index contributed by atoms with van der Waals surface area (Å²) in [7, 11) is 0. The summed E-state index contributed by atoms with van der Waals surface area (Å²) in [5, 5.41) is 15.6. The standard InChI is InChI=1S/C16H22N6O2S/c1-16(2,3)24-15(23)20-13-8-12(21-6-4-5-7-21)19-14-11(25-10-17)9-18-22(13)14/h8,18H,4-7,9H2,1-3H3,(H,20,23). The third-order valence-electron chi connectivity index (χ3n) is 3.81. The highest BCUT2D eigenvalue weighted by Crippen LogP contribution is 2.31. The predicted octanol–water partition coefficient (Wildman–Crippen LogP) is 2.06. The number of thiocyanates is 1. The summed E-state index contributed by atoms with van der Waals surface area (Å²) in [6, 6.07) is 0. The molecular weight excluding hydrogens is 340 g/mol. The van der Waals surface area contributed by atoms with Gasteiger partial charge in [0.1, 0.15) is 22.7 Å². The van der Waals surface area contributed by atoms with Crippen molar-refractivity contribution in [3.63, 3.8) is 0 Å². The van der Waals surface area contributed by atoms with E-state index in [0.717, 1.165) is 48.4 Å². The maximum absolute atomic E-state index is 12.2. The summed E-state index contributed by atoms with van der Waals surface area (Å²) in [5.41, 5.74) is 2.57. The molecule has 3 rings (SSSR count). The van der Waals surface area contributed by atoms with Crippen LogP contribution < -0.4 is 10.7 Å². The maximum Gasteiger partial charge on any atom is 0.413 e. The van der Waals surface area contributed by atoms with Crippen LogP contribution in [0.3, 0.4) is 0 Å². The van der Waals surface area contributed by atoms with Gasteiger partial charge in [0.25, 0.3) is 0 Å². The molecule has 1 saturated heterocycles. The van der Waals surface area contributed by atoms with Crippen molar-refractivity contribution in [3.8, 4) is 5.40 Å². The minimum Gasteiger partial charge on any atom is -0.444 e. The average molecular weight is 362 g/mol. The molecule has 0 aliphatic carbocycles. The number of likely N-dealkylation sites (tertiary alicyclic amines) is 1. The Morgan fingerprint density at radius 1 is 1.44 bits per heavy atom. The number of amides is 1. The van der Waals surface area contributed by atoms with Crippen LogP contribution in [0.15, 0.2) is 27.6 Å². The maximum atomic E-state index is 12.2. The van der Waals surface area contributed by atoms with Crippen LogP contribution in [0.2, 0.25) is 0 Å². The van der Waals surface area contributed by atoms with E-state index in [1.165, 1.54) is 0 Å². The number of thioether (sulfide) groups is 1. The summed E-state index contributed by atoms with van der Waals surface area (Å²) in [6.45, 7) is 7.84.